The molecule has 62 valence electrons. The van der Waals surface area contributed by atoms with Crippen molar-refractivity contribution in [2.24, 2.45) is 0 Å². The standard InChI is InChI=1S/C9H8FNO/c10-5-9(12)8-3-1-2-7(4-8)6-11/h1-4,9,12H,5H2. The predicted molar refractivity (Wildman–Crippen MR) is 42.1 cm³/mol. The molecule has 0 saturated heterocycles. The van der Waals surface area contributed by atoms with Crippen molar-refractivity contribution in [2.45, 2.75) is 6.10 Å². The average molecular weight is 165 g/mol. The minimum atomic E-state index is -1.11. The Labute approximate surface area is 69.9 Å². The third kappa shape index (κ3) is 1.80. The molecule has 1 unspecified atom stereocenters. The van der Waals surface area contributed by atoms with Crippen molar-refractivity contribution in [2.75, 3.05) is 6.67 Å². The van der Waals surface area contributed by atoms with Crippen molar-refractivity contribution in [1.29, 1.82) is 5.26 Å². The van der Waals surface area contributed by atoms with E-state index in [0.717, 1.165) is 0 Å². The Morgan fingerprint density at radius 2 is 2.33 bits per heavy atom. The topological polar surface area (TPSA) is 44.0 Å². The van der Waals surface area contributed by atoms with Crippen LogP contribution in [0.1, 0.15) is 17.2 Å². The van der Waals surface area contributed by atoms with Crippen LogP contribution in [0.2, 0.25) is 0 Å². The van der Waals surface area contributed by atoms with Crippen LogP contribution in [0, 0.1) is 11.3 Å². The van der Waals surface area contributed by atoms with Crippen molar-refractivity contribution in [3.63, 3.8) is 0 Å². The number of rotatable bonds is 2. The summed E-state index contributed by atoms with van der Waals surface area (Å²) >= 11 is 0. The summed E-state index contributed by atoms with van der Waals surface area (Å²) in [5.74, 6) is 0. The molecule has 0 heterocycles. The molecule has 0 aliphatic heterocycles. The number of hydrogen-bond donors (Lipinski definition) is 1. The van der Waals surface area contributed by atoms with Crippen LogP contribution in [0.15, 0.2) is 24.3 Å². The highest BCUT2D eigenvalue weighted by molar-refractivity contribution is 5.33. The molecule has 1 N–H and O–H groups in total. The lowest BCUT2D eigenvalue weighted by molar-refractivity contribution is 0.142. The molecule has 0 aliphatic rings. The summed E-state index contributed by atoms with van der Waals surface area (Å²) in [5, 5.41) is 17.6. The average Bonchev–Trinajstić information content (AvgIpc) is 2.17. The highest BCUT2D eigenvalue weighted by Crippen LogP contribution is 2.14. The van der Waals surface area contributed by atoms with E-state index in [0.29, 0.717) is 11.1 Å². The Morgan fingerprint density at radius 3 is 2.92 bits per heavy atom. The lowest BCUT2D eigenvalue weighted by atomic mass is 10.1. The number of aliphatic hydroxyl groups is 1. The molecule has 0 aromatic heterocycles. The number of hydrogen-bond acceptors (Lipinski definition) is 2. The molecule has 1 aromatic rings. The smallest absolute Gasteiger partial charge is 0.119 e. The SMILES string of the molecule is N#Cc1cccc(C(O)CF)c1. The van der Waals surface area contributed by atoms with Crippen LogP contribution in [0.3, 0.4) is 0 Å². The molecule has 0 amide bonds. The van der Waals surface area contributed by atoms with E-state index in [4.69, 9.17) is 10.4 Å². The quantitative estimate of drug-likeness (QED) is 0.722. The molecule has 2 nitrogen and oxygen atoms in total. The van der Waals surface area contributed by atoms with Crippen LogP contribution in [-0.2, 0) is 0 Å². The molecule has 0 radical (unpaired) electrons. The zero-order valence-corrected chi connectivity index (χ0v) is 6.37. The number of halogens is 1. The van der Waals surface area contributed by atoms with Gasteiger partial charge >= 0.3 is 0 Å². The second kappa shape index (κ2) is 3.84. The minimum Gasteiger partial charge on any atom is -0.386 e. The first-order chi connectivity index (χ1) is 5.77. The van der Waals surface area contributed by atoms with E-state index >= 15 is 0 Å². The molecule has 0 aliphatic carbocycles. The van der Waals surface area contributed by atoms with Crippen molar-refractivity contribution in [3.8, 4) is 6.07 Å². The fourth-order valence-corrected chi connectivity index (χ4v) is 0.905. The Bertz CT molecular complexity index is 306. The fraction of sp³-hybridized carbons (Fsp3) is 0.222. The Hall–Kier alpha value is -1.40. The first-order valence-corrected chi connectivity index (χ1v) is 3.52. The lowest BCUT2D eigenvalue weighted by Gasteiger charge is -2.05. The summed E-state index contributed by atoms with van der Waals surface area (Å²) in [7, 11) is 0. The van der Waals surface area contributed by atoms with Crippen molar-refractivity contribution in [3.05, 3.63) is 35.4 Å². The molecule has 0 saturated carbocycles. The van der Waals surface area contributed by atoms with E-state index in [1.54, 1.807) is 18.2 Å². The molecule has 3 heteroatoms. The third-order valence-electron chi connectivity index (χ3n) is 1.55. The first-order valence-electron chi connectivity index (χ1n) is 3.52. The molecule has 0 fully saturated rings. The maximum atomic E-state index is 12.0. The summed E-state index contributed by atoms with van der Waals surface area (Å²) < 4.78 is 12.0. The number of nitrogens with zero attached hydrogens (tertiary/aromatic N) is 1. The summed E-state index contributed by atoms with van der Waals surface area (Å²) in [6.45, 7) is -0.825. The molecule has 1 rings (SSSR count). The van der Waals surface area contributed by atoms with Gasteiger partial charge in [-0.05, 0) is 17.7 Å². The van der Waals surface area contributed by atoms with E-state index < -0.39 is 12.8 Å². The van der Waals surface area contributed by atoms with Gasteiger partial charge in [0.1, 0.15) is 12.8 Å². The Kier molecular flexibility index (Phi) is 2.78. The number of alkyl halides is 1. The molecule has 1 atom stereocenters. The molecular weight excluding hydrogens is 157 g/mol. The van der Waals surface area contributed by atoms with Crippen molar-refractivity contribution < 1.29 is 9.50 Å². The van der Waals surface area contributed by atoms with Gasteiger partial charge in [-0.2, -0.15) is 5.26 Å². The Morgan fingerprint density at radius 1 is 1.58 bits per heavy atom. The van der Waals surface area contributed by atoms with Crippen LogP contribution < -0.4 is 0 Å². The molecule has 1 aromatic carbocycles. The number of nitriles is 1. The van der Waals surface area contributed by atoms with Crippen molar-refractivity contribution >= 4 is 0 Å². The van der Waals surface area contributed by atoms with E-state index in [1.165, 1.54) is 6.07 Å². The lowest BCUT2D eigenvalue weighted by Crippen LogP contribution is -1.98. The summed E-state index contributed by atoms with van der Waals surface area (Å²) in [6, 6.07) is 8.20. The minimum absolute atomic E-state index is 0.431. The second-order valence-corrected chi connectivity index (χ2v) is 2.41. The van der Waals surface area contributed by atoms with Gasteiger partial charge in [-0.1, -0.05) is 12.1 Å². The Balaban J connectivity index is 2.95. The van der Waals surface area contributed by atoms with Gasteiger partial charge in [-0.25, -0.2) is 4.39 Å². The largest absolute Gasteiger partial charge is 0.386 e. The second-order valence-electron chi connectivity index (χ2n) is 2.41. The van der Waals surface area contributed by atoms with Crippen LogP contribution in [0.4, 0.5) is 4.39 Å². The first kappa shape index (κ1) is 8.69. The van der Waals surface area contributed by atoms with Crippen LogP contribution in [-0.4, -0.2) is 11.8 Å². The van der Waals surface area contributed by atoms with Gasteiger partial charge in [-0.15, -0.1) is 0 Å². The van der Waals surface area contributed by atoms with Crippen LogP contribution >= 0.6 is 0 Å². The summed E-state index contributed by atoms with van der Waals surface area (Å²) in [5.41, 5.74) is 0.872. The summed E-state index contributed by atoms with van der Waals surface area (Å²) in [6.07, 6.45) is -1.11. The third-order valence-corrected chi connectivity index (χ3v) is 1.55. The van der Waals surface area contributed by atoms with Crippen LogP contribution in [0.25, 0.3) is 0 Å². The van der Waals surface area contributed by atoms with E-state index in [9.17, 15) is 4.39 Å². The van der Waals surface area contributed by atoms with E-state index in [-0.39, 0.29) is 0 Å². The molecule has 0 bridgehead atoms. The molecule has 12 heavy (non-hydrogen) atoms. The molecular formula is C9H8FNO. The van der Waals surface area contributed by atoms with E-state index in [2.05, 4.69) is 0 Å². The van der Waals surface area contributed by atoms with Gasteiger partial charge in [0.15, 0.2) is 0 Å². The van der Waals surface area contributed by atoms with Crippen molar-refractivity contribution in [1.82, 2.24) is 0 Å². The highest BCUT2D eigenvalue weighted by atomic mass is 19.1. The number of benzene rings is 1. The van der Waals surface area contributed by atoms with E-state index in [1.807, 2.05) is 6.07 Å². The van der Waals surface area contributed by atoms with Gasteiger partial charge in [0.05, 0.1) is 11.6 Å². The van der Waals surface area contributed by atoms with Crippen LogP contribution in [0.5, 0.6) is 0 Å². The predicted octanol–water partition coefficient (Wildman–Crippen LogP) is 1.56. The van der Waals surface area contributed by atoms with Gasteiger partial charge < -0.3 is 5.11 Å². The monoisotopic (exact) mass is 165 g/mol. The normalized spacial score (nSPS) is 12.1. The number of aliphatic hydroxyl groups excluding tert-OH is 1. The van der Waals surface area contributed by atoms with Gasteiger partial charge in [0.2, 0.25) is 0 Å². The maximum absolute atomic E-state index is 12.0. The maximum Gasteiger partial charge on any atom is 0.119 e. The van der Waals surface area contributed by atoms with Gasteiger partial charge in [0, 0.05) is 0 Å². The van der Waals surface area contributed by atoms with Gasteiger partial charge in [-0.3, -0.25) is 0 Å². The molecule has 0 spiro atoms. The zero-order valence-electron chi connectivity index (χ0n) is 6.37. The summed E-state index contributed by atoms with van der Waals surface area (Å²) in [4.78, 5) is 0. The zero-order chi connectivity index (χ0) is 8.97. The fourth-order valence-electron chi connectivity index (χ4n) is 0.905. The van der Waals surface area contributed by atoms with Gasteiger partial charge in [0.25, 0.3) is 0 Å². The highest BCUT2D eigenvalue weighted by Gasteiger charge is 2.06.